The summed E-state index contributed by atoms with van der Waals surface area (Å²) >= 11 is 0. The number of allylic oxidation sites excluding steroid dienone is 8. The van der Waals surface area contributed by atoms with Crippen LogP contribution >= 0.6 is 0 Å². The molecule has 0 aromatic rings. The molecule has 0 heteroatoms. The van der Waals surface area contributed by atoms with Crippen LogP contribution in [-0.4, -0.2) is 0 Å². The molecule has 0 aromatic heterocycles. The summed E-state index contributed by atoms with van der Waals surface area (Å²) < 4.78 is 0. The van der Waals surface area contributed by atoms with Crippen molar-refractivity contribution in [1.29, 1.82) is 0 Å². The minimum Gasteiger partial charge on any atom is -0.0885 e. The van der Waals surface area contributed by atoms with E-state index in [-0.39, 0.29) is 0 Å². The first-order valence-corrected chi connectivity index (χ1v) is 7.03. The van der Waals surface area contributed by atoms with Crippen LogP contribution < -0.4 is 0 Å². The van der Waals surface area contributed by atoms with Gasteiger partial charge >= 0.3 is 0 Å². The van der Waals surface area contributed by atoms with Crippen molar-refractivity contribution in [2.45, 2.75) is 58.8 Å². The van der Waals surface area contributed by atoms with E-state index in [0.29, 0.717) is 0 Å². The molecule has 0 nitrogen and oxygen atoms in total. The molecule has 0 aliphatic carbocycles. The summed E-state index contributed by atoms with van der Waals surface area (Å²) in [6.07, 6.45) is 26.1. The van der Waals surface area contributed by atoms with Gasteiger partial charge in [0.05, 0.1) is 0 Å². The predicted octanol–water partition coefficient (Wildman–Crippen LogP) is 5.98. The van der Waals surface area contributed by atoms with Crippen LogP contribution in [0.15, 0.2) is 48.6 Å². The van der Waals surface area contributed by atoms with Crippen molar-refractivity contribution >= 4 is 0 Å². The molecule has 0 atom stereocenters. The standard InChI is InChI=1S/C17H28/c1-3-5-7-9-11-13-15-17-16-14-12-10-8-6-4-2/h5,7,10-14,16H,3-4,6,8-9,15,17H2,1-2H3/b7-5+,12-10+,13-11+,16-14+. The van der Waals surface area contributed by atoms with E-state index >= 15 is 0 Å². The van der Waals surface area contributed by atoms with Gasteiger partial charge in [0.2, 0.25) is 0 Å². The zero-order chi connectivity index (χ0) is 12.6. The molecule has 0 aliphatic heterocycles. The Hall–Kier alpha value is -1.04. The normalized spacial score (nSPS) is 12.8. The van der Waals surface area contributed by atoms with E-state index in [9.17, 15) is 0 Å². The van der Waals surface area contributed by atoms with E-state index in [0.717, 1.165) is 25.7 Å². The number of hydrogen-bond donors (Lipinski definition) is 0. The SMILES string of the molecule is CC/C=C/C/C=C/CC/C=C/C=C/CCCC. The van der Waals surface area contributed by atoms with Crippen molar-refractivity contribution in [2.24, 2.45) is 0 Å². The third-order valence-electron chi connectivity index (χ3n) is 2.45. The molecule has 0 rings (SSSR count). The first-order valence-electron chi connectivity index (χ1n) is 7.03. The summed E-state index contributed by atoms with van der Waals surface area (Å²) in [6.45, 7) is 4.39. The number of rotatable bonds is 10. The second-order valence-electron chi connectivity index (χ2n) is 4.16. The summed E-state index contributed by atoms with van der Waals surface area (Å²) in [5.41, 5.74) is 0. The fourth-order valence-electron chi connectivity index (χ4n) is 1.42. The van der Waals surface area contributed by atoms with E-state index in [1.54, 1.807) is 0 Å². The van der Waals surface area contributed by atoms with Crippen LogP contribution in [0.4, 0.5) is 0 Å². The molecule has 0 heterocycles. The average Bonchev–Trinajstić information content (AvgIpc) is 2.35. The molecule has 0 unspecified atom stereocenters. The van der Waals surface area contributed by atoms with Crippen LogP contribution in [0, 0.1) is 0 Å². The van der Waals surface area contributed by atoms with E-state index in [1.165, 1.54) is 19.3 Å². The summed E-state index contributed by atoms with van der Waals surface area (Å²) in [7, 11) is 0. The lowest BCUT2D eigenvalue weighted by atomic mass is 10.2. The first-order chi connectivity index (χ1) is 8.41. The van der Waals surface area contributed by atoms with Crippen LogP contribution in [-0.2, 0) is 0 Å². The lowest BCUT2D eigenvalue weighted by molar-refractivity contribution is 0.815. The second-order valence-corrected chi connectivity index (χ2v) is 4.16. The van der Waals surface area contributed by atoms with Crippen LogP contribution in [0.3, 0.4) is 0 Å². The van der Waals surface area contributed by atoms with E-state index in [2.05, 4.69) is 62.5 Å². The van der Waals surface area contributed by atoms with Gasteiger partial charge < -0.3 is 0 Å². The molecule has 0 N–H and O–H groups in total. The molecule has 0 saturated heterocycles. The van der Waals surface area contributed by atoms with Crippen LogP contribution in [0.5, 0.6) is 0 Å². The first kappa shape index (κ1) is 16.0. The molecule has 0 bridgehead atoms. The zero-order valence-corrected chi connectivity index (χ0v) is 11.6. The van der Waals surface area contributed by atoms with Crippen molar-refractivity contribution in [3.63, 3.8) is 0 Å². The van der Waals surface area contributed by atoms with E-state index < -0.39 is 0 Å². The third-order valence-corrected chi connectivity index (χ3v) is 2.45. The van der Waals surface area contributed by atoms with Gasteiger partial charge in [-0.15, -0.1) is 0 Å². The Morgan fingerprint density at radius 1 is 0.647 bits per heavy atom. The largest absolute Gasteiger partial charge is 0.0885 e. The van der Waals surface area contributed by atoms with Crippen LogP contribution in [0.25, 0.3) is 0 Å². The number of unbranched alkanes of at least 4 members (excludes halogenated alkanes) is 3. The molecule has 0 radical (unpaired) electrons. The zero-order valence-electron chi connectivity index (χ0n) is 11.6. The Morgan fingerprint density at radius 2 is 1.29 bits per heavy atom. The summed E-state index contributed by atoms with van der Waals surface area (Å²) in [5.74, 6) is 0. The molecular formula is C17H28. The molecule has 0 fully saturated rings. The highest BCUT2D eigenvalue weighted by Gasteiger charge is 1.77. The second kappa shape index (κ2) is 15.0. The summed E-state index contributed by atoms with van der Waals surface area (Å²) in [5, 5.41) is 0. The van der Waals surface area contributed by atoms with Crippen molar-refractivity contribution in [1.82, 2.24) is 0 Å². The Bertz CT molecular complexity index is 241. The maximum absolute atomic E-state index is 2.27. The molecule has 96 valence electrons. The molecule has 17 heavy (non-hydrogen) atoms. The van der Waals surface area contributed by atoms with Crippen LogP contribution in [0.1, 0.15) is 58.8 Å². The van der Waals surface area contributed by atoms with Gasteiger partial charge in [0, 0.05) is 0 Å². The van der Waals surface area contributed by atoms with E-state index in [4.69, 9.17) is 0 Å². The highest BCUT2D eigenvalue weighted by atomic mass is 13.8. The Balaban J connectivity index is 3.35. The van der Waals surface area contributed by atoms with Crippen molar-refractivity contribution in [3.8, 4) is 0 Å². The van der Waals surface area contributed by atoms with Crippen molar-refractivity contribution in [3.05, 3.63) is 48.6 Å². The molecule has 0 aliphatic rings. The van der Waals surface area contributed by atoms with Crippen molar-refractivity contribution < 1.29 is 0 Å². The van der Waals surface area contributed by atoms with Gasteiger partial charge in [-0.2, -0.15) is 0 Å². The minimum atomic E-state index is 1.08. The highest BCUT2D eigenvalue weighted by molar-refractivity contribution is 5.03. The maximum Gasteiger partial charge on any atom is -0.0169 e. The summed E-state index contributed by atoms with van der Waals surface area (Å²) in [4.78, 5) is 0. The number of hydrogen-bond acceptors (Lipinski definition) is 0. The molecule has 0 aromatic carbocycles. The maximum atomic E-state index is 2.27. The van der Waals surface area contributed by atoms with Crippen LogP contribution in [0.2, 0.25) is 0 Å². The van der Waals surface area contributed by atoms with Gasteiger partial charge in [0.25, 0.3) is 0 Å². The summed E-state index contributed by atoms with van der Waals surface area (Å²) in [6, 6.07) is 0. The Morgan fingerprint density at radius 3 is 2.00 bits per heavy atom. The quantitative estimate of drug-likeness (QED) is 0.247. The highest BCUT2D eigenvalue weighted by Crippen LogP contribution is 1.98. The fraction of sp³-hybridized carbons (Fsp3) is 0.529. The minimum absolute atomic E-state index is 1.08. The average molecular weight is 232 g/mol. The van der Waals surface area contributed by atoms with Gasteiger partial charge in [0.15, 0.2) is 0 Å². The van der Waals surface area contributed by atoms with E-state index in [1.807, 2.05) is 0 Å². The molecular weight excluding hydrogens is 204 g/mol. The fourth-order valence-corrected chi connectivity index (χ4v) is 1.42. The van der Waals surface area contributed by atoms with Gasteiger partial charge in [-0.25, -0.2) is 0 Å². The molecule has 0 saturated carbocycles. The van der Waals surface area contributed by atoms with Gasteiger partial charge in [0.1, 0.15) is 0 Å². The third kappa shape index (κ3) is 15.0. The smallest absolute Gasteiger partial charge is 0.0169 e. The van der Waals surface area contributed by atoms with Gasteiger partial charge in [-0.1, -0.05) is 75.3 Å². The monoisotopic (exact) mass is 232 g/mol. The van der Waals surface area contributed by atoms with Crippen molar-refractivity contribution in [2.75, 3.05) is 0 Å². The predicted molar refractivity (Wildman–Crippen MR) is 80.2 cm³/mol. The molecule has 0 spiro atoms. The topological polar surface area (TPSA) is 0 Å². The Labute approximate surface area is 108 Å². The lowest BCUT2D eigenvalue weighted by Crippen LogP contribution is -1.67. The molecule has 0 amide bonds. The van der Waals surface area contributed by atoms with Gasteiger partial charge in [-0.3, -0.25) is 0 Å². The van der Waals surface area contributed by atoms with Gasteiger partial charge in [-0.05, 0) is 32.1 Å². The lowest BCUT2D eigenvalue weighted by Gasteiger charge is -1.87. The Kier molecular flexibility index (Phi) is 14.0.